The predicted molar refractivity (Wildman–Crippen MR) is 68.8 cm³/mol. The van der Waals surface area contributed by atoms with Crippen LogP contribution >= 0.6 is 11.6 Å². The summed E-state index contributed by atoms with van der Waals surface area (Å²) >= 11 is 6.23. The first-order valence-electron chi connectivity index (χ1n) is 5.43. The van der Waals surface area contributed by atoms with Gasteiger partial charge in [0.15, 0.2) is 0 Å². The van der Waals surface area contributed by atoms with Gasteiger partial charge in [0.1, 0.15) is 0 Å². The van der Waals surface area contributed by atoms with Gasteiger partial charge in [0.05, 0.1) is 23.0 Å². The average Bonchev–Trinajstić information content (AvgIpc) is 2.60. The number of ether oxygens (including phenoxy) is 1. The highest BCUT2D eigenvalue weighted by molar-refractivity contribution is 6.32. The quantitative estimate of drug-likeness (QED) is 0.836. The molecule has 0 aliphatic carbocycles. The fourth-order valence-electron chi connectivity index (χ4n) is 1.78. The summed E-state index contributed by atoms with van der Waals surface area (Å²) < 4.78 is 6.92. The zero-order valence-corrected chi connectivity index (χ0v) is 11.0. The Morgan fingerprint density at radius 1 is 1.29 bits per heavy atom. The van der Waals surface area contributed by atoms with Gasteiger partial charge in [0, 0.05) is 12.8 Å². The van der Waals surface area contributed by atoms with Crippen molar-refractivity contribution >= 4 is 11.6 Å². The molecule has 0 aliphatic heterocycles. The van der Waals surface area contributed by atoms with E-state index >= 15 is 0 Å². The minimum atomic E-state index is 0.511. The highest BCUT2D eigenvalue weighted by Gasteiger charge is 2.09. The maximum atomic E-state index is 6.23. The van der Waals surface area contributed by atoms with Gasteiger partial charge in [-0.05, 0) is 37.6 Å². The molecule has 0 fully saturated rings. The van der Waals surface area contributed by atoms with Crippen LogP contribution in [0.5, 0.6) is 0 Å². The largest absolute Gasteiger partial charge is 0.378 e. The van der Waals surface area contributed by atoms with Gasteiger partial charge in [0.25, 0.3) is 0 Å². The first-order chi connectivity index (χ1) is 8.11. The molecule has 1 heterocycles. The van der Waals surface area contributed by atoms with Gasteiger partial charge in [-0.15, -0.1) is 0 Å². The molecule has 3 nitrogen and oxygen atoms in total. The number of aromatic nitrogens is 2. The molecule has 0 unspecified atom stereocenters. The van der Waals surface area contributed by atoms with E-state index in [2.05, 4.69) is 5.10 Å². The number of nitrogens with zero attached hydrogens (tertiary/aromatic N) is 2. The molecule has 0 bridgehead atoms. The van der Waals surface area contributed by atoms with E-state index in [1.54, 1.807) is 7.11 Å². The molecule has 0 aliphatic rings. The number of benzene rings is 1. The van der Waals surface area contributed by atoms with Crippen LogP contribution in [0.15, 0.2) is 24.3 Å². The molecule has 0 amide bonds. The minimum absolute atomic E-state index is 0.511. The van der Waals surface area contributed by atoms with Crippen molar-refractivity contribution in [2.75, 3.05) is 7.11 Å². The fraction of sp³-hybridized carbons (Fsp3) is 0.308. The number of methoxy groups -OCH3 is 1. The number of hydrogen-bond donors (Lipinski definition) is 0. The van der Waals surface area contributed by atoms with Gasteiger partial charge in [-0.2, -0.15) is 5.10 Å². The molecule has 17 heavy (non-hydrogen) atoms. The van der Waals surface area contributed by atoms with E-state index in [0.717, 1.165) is 22.6 Å². The van der Waals surface area contributed by atoms with Crippen molar-refractivity contribution < 1.29 is 4.74 Å². The van der Waals surface area contributed by atoms with Gasteiger partial charge >= 0.3 is 0 Å². The van der Waals surface area contributed by atoms with E-state index in [9.17, 15) is 0 Å². The van der Waals surface area contributed by atoms with Gasteiger partial charge < -0.3 is 4.74 Å². The lowest BCUT2D eigenvalue weighted by Crippen LogP contribution is -2.00. The van der Waals surface area contributed by atoms with E-state index in [0.29, 0.717) is 11.6 Å². The summed E-state index contributed by atoms with van der Waals surface area (Å²) in [6.07, 6.45) is 0. The van der Waals surface area contributed by atoms with Crippen LogP contribution < -0.4 is 0 Å². The molecule has 0 N–H and O–H groups in total. The Balaban J connectivity index is 2.45. The second-order valence-corrected chi connectivity index (χ2v) is 4.48. The molecule has 90 valence electrons. The summed E-state index contributed by atoms with van der Waals surface area (Å²) in [5, 5.41) is 5.18. The maximum Gasteiger partial charge on any atom is 0.0902 e. The molecule has 2 rings (SSSR count). The van der Waals surface area contributed by atoms with E-state index in [1.807, 2.05) is 42.8 Å². The smallest absolute Gasteiger partial charge is 0.0902 e. The Kier molecular flexibility index (Phi) is 3.50. The summed E-state index contributed by atoms with van der Waals surface area (Å²) in [6, 6.07) is 7.94. The van der Waals surface area contributed by atoms with Crippen LogP contribution in [-0.4, -0.2) is 16.9 Å². The van der Waals surface area contributed by atoms with Crippen molar-refractivity contribution in [2.24, 2.45) is 0 Å². The van der Waals surface area contributed by atoms with Crippen molar-refractivity contribution in [1.82, 2.24) is 9.78 Å². The summed E-state index contributed by atoms with van der Waals surface area (Å²) in [5.74, 6) is 0. The van der Waals surface area contributed by atoms with Crippen LogP contribution in [0, 0.1) is 13.8 Å². The Labute approximate surface area is 106 Å². The second kappa shape index (κ2) is 4.90. The van der Waals surface area contributed by atoms with Gasteiger partial charge in [-0.1, -0.05) is 17.7 Å². The van der Waals surface area contributed by atoms with Crippen molar-refractivity contribution in [3.05, 3.63) is 46.2 Å². The summed E-state index contributed by atoms with van der Waals surface area (Å²) in [7, 11) is 1.66. The van der Waals surface area contributed by atoms with E-state index in [4.69, 9.17) is 16.3 Å². The molecule has 0 saturated carbocycles. The second-order valence-electron chi connectivity index (χ2n) is 4.08. The van der Waals surface area contributed by atoms with Crippen molar-refractivity contribution in [3.63, 3.8) is 0 Å². The van der Waals surface area contributed by atoms with Crippen LogP contribution in [-0.2, 0) is 11.3 Å². The normalized spacial score (nSPS) is 10.8. The molecule has 1 aromatic carbocycles. The van der Waals surface area contributed by atoms with Crippen LogP contribution in [0.2, 0.25) is 5.02 Å². The van der Waals surface area contributed by atoms with Crippen LogP contribution in [0.25, 0.3) is 5.69 Å². The number of rotatable bonds is 3. The molecule has 0 spiro atoms. The Bertz CT molecular complexity index is 534. The number of hydrogen-bond acceptors (Lipinski definition) is 2. The average molecular weight is 251 g/mol. The topological polar surface area (TPSA) is 27.1 Å². The van der Waals surface area contributed by atoms with Crippen molar-refractivity contribution in [2.45, 2.75) is 20.5 Å². The molecule has 4 heteroatoms. The van der Waals surface area contributed by atoms with Crippen LogP contribution in [0.1, 0.15) is 17.0 Å². The third-order valence-corrected chi connectivity index (χ3v) is 2.86. The summed E-state index contributed by atoms with van der Waals surface area (Å²) in [5.41, 5.74) is 3.99. The third kappa shape index (κ3) is 2.51. The lowest BCUT2D eigenvalue weighted by molar-refractivity contribution is 0.181. The highest BCUT2D eigenvalue weighted by Crippen LogP contribution is 2.23. The number of halogens is 1. The Morgan fingerprint density at radius 2 is 2.06 bits per heavy atom. The SMILES string of the molecule is COCc1cc(C)n(-c2ccc(C)cc2Cl)n1. The van der Waals surface area contributed by atoms with E-state index in [1.165, 1.54) is 0 Å². The van der Waals surface area contributed by atoms with Crippen LogP contribution in [0.3, 0.4) is 0 Å². The first kappa shape index (κ1) is 12.1. The van der Waals surface area contributed by atoms with Crippen molar-refractivity contribution in [1.29, 1.82) is 0 Å². The monoisotopic (exact) mass is 250 g/mol. The zero-order valence-electron chi connectivity index (χ0n) is 10.2. The minimum Gasteiger partial charge on any atom is -0.378 e. The molecule has 0 saturated heterocycles. The lowest BCUT2D eigenvalue weighted by Gasteiger charge is -2.07. The maximum absolute atomic E-state index is 6.23. The van der Waals surface area contributed by atoms with E-state index < -0.39 is 0 Å². The van der Waals surface area contributed by atoms with Gasteiger partial charge in [0.2, 0.25) is 0 Å². The number of aryl methyl sites for hydroxylation is 2. The fourth-order valence-corrected chi connectivity index (χ4v) is 2.10. The summed E-state index contributed by atoms with van der Waals surface area (Å²) in [6.45, 7) is 4.53. The first-order valence-corrected chi connectivity index (χ1v) is 5.80. The standard InChI is InChI=1S/C13H15ClN2O/c1-9-4-5-13(12(14)6-9)16-10(2)7-11(15-16)8-17-3/h4-7H,8H2,1-3H3. The van der Waals surface area contributed by atoms with Gasteiger partial charge in [-0.3, -0.25) is 0 Å². The molecule has 1 aromatic heterocycles. The zero-order chi connectivity index (χ0) is 12.4. The van der Waals surface area contributed by atoms with E-state index in [-0.39, 0.29) is 0 Å². The molecule has 0 atom stereocenters. The third-order valence-electron chi connectivity index (χ3n) is 2.56. The Hall–Kier alpha value is -1.32. The van der Waals surface area contributed by atoms with Crippen LogP contribution in [0.4, 0.5) is 0 Å². The highest BCUT2D eigenvalue weighted by atomic mass is 35.5. The summed E-state index contributed by atoms with van der Waals surface area (Å²) in [4.78, 5) is 0. The lowest BCUT2D eigenvalue weighted by atomic mass is 10.2. The van der Waals surface area contributed by atoms with Gasteiger partial charge in [-0.25, -0.2) is 4.68 Å². The predicted octanol–water partition coefficient (Wildman–Crippen LogP) is 3.29. The molecule has 0 radical (unpaired) electrons. The Morgan fingerprint density at radius 3 is 2.71 bits per heavy atom. The molecular formula is C13H15ClN2O. The molecular weight excluding hydrogens is 236 g/mol. The molecule has 2 aromatic rings. The van der Waals surface area contributed by atoms with Crippen molar-refractivity contribution in [3.8, 4) is 5.69 Å².